The average Bonchev–Trinajstić information content (AvgIpc) is 2.47. The summed E-state index contributed by atoms with van der Waals surface area (Å²) in [6.07, 6.45) is -0.127. The third-order valence-electron chi connectivity index (χ3n) is 1.84. The van der Waals surface area contributed by atoms with E-state index in [1.165, 1.54) is 0 Å². The van der Waals surface area contributed by atoms with Crippen LogP contribution in [-0.4, -0.2) is 22.5 Å². The highest BCUT2D eigenvalue weighted by Crippen LogP contribution is 2.22. The smallest absolute Gasteiger partial charge is 0.305 e. The molecule has 0 saturated heterocycles. The summed E-state index contributed by atoms with van der Waals surface area (Å²) >= 11 is 6.87. The molecule has 1 heterocycles. The minimum absolute atomic E-state index is 0.127. The zero-order valence-electron chi connectivity index (χ0n) is 8.91. The minimum atomic E-state index is -0.950. The highest BCUT2D eigenvalue weighted by Gasteiger charge is 2.24. The zero-order chi connectivity index (χ0) is 12.3. The lowest BCUT2D eigenvalue weighted by Crippen LogP contribution is -2.44. The number of nitrogens with one attached hydrogen (secondary N) is 1. The SMILES string of the molecule is CC(C)(CC(=O)O)NC(=O)c1ccc(Cl)s1. The number of amides is 1. The number of hydrogen-bond acceptors (Lipinski definition) is 3. The Bertz CT molecular complexity index is 414. The molecule has 0 radical (unpaired) electrons. The first-order valence-electron chi connectivity index (χ1n) is 4.60. The van der Waals surface area contributed by atoms with Gasteiger partial charge in [0.25, 0.3) is 5.91 Å². The molecule has 0 unspecified atom stereocenters. The first-order valence-corrected chi connectivity index (χ1v) is 5.79. The highest BCUT2D eigenvalue weighted by atomic mass is 35.5. The lowest BCUT2D eigenvalue weighted by Gasteiger charge is -2.23. The fourth-order valence-corrected chi connectivity index (χ4v) is 2.17. The van der Waals surface area contributed by atoms with Crippen LogP contribution in [0.25, 0.3) is 0 Å². The van der Waals surface area contributed by atoms with E-state index in [0.29, 0.717) is 9.21 Å². The Morgan fingerprint density at radius 1 is 1.50 bits per heavy atom. The molecule has 0 aliphatic heterocycles. The van der Waals surface area contributed by atoms with Crippen molar-refractivity contribution < 1.29 is 14.7 Å². The summed E-state index contributed by atoms with van der Waals surface area (Å²) in [7, 11) is 0. The molecular weight excluding hydrogens is 250 g/mol. The Balaban J connectivity index is 2.67. The summed E-state index contributed by atoms with van der Waals surface area (Å²) in [4.78, 5) is 22.7. The van der Waals surface area contributed by atoms with Gasteiger partial charge in [-0.25, -0.2) is 0 Å². The molecule has 0 fully saturated rings. The molecule has 1 aromatic rings. The molecule has 0 aliphatic rings. The zero-order valence-corrected chi connectivity index (χ0v) is 10.5. The molecule has 1 amide bonds. The van der Waals surface area contributed by atoms with Gasteiger partial charge in [-0.15, -0.1) is 11.3 Å². The van der Waals surface area contributed by atoms with Crippen LogP contribution in [0.5, 0.6) is 0 Å². The minimum Gasteiger partial charge on any atom is -0.481 e. The predicted molar refractivity (Wildman–Crippen MR) is 63.1 cm³/mol. The Morgan fingerprint density at radius 3 is 2.56 bits per heavy atom. The normalized spacial score (nSPS) is 11.2. The van der Waals surface area contributed by atoms with Gasteiger partial charge in [0.1, 0.15) is 0 Å². The van der Waals surface area contributed by atoms with E-state index in [0.717, 1.165) is 11.3 Å². The van der Waals surface area contributed by atoms with E-state index >= 15 is 0 Å². The molecular formula is C10H12ClNO3S. The van der Waals surface area contributed by atoms with Crippen molar-refractivity contribution in [3.05, 3.63) is 21.3 Å². The summed E-state index contributed by atoms with van der Waals surface area (Å²) in [5.41, 5.74) is -0.778. The van der Waals surface area contributed by atoms with Gasteiger partial charge in [0.15, 0.2) is 0 Å². The number of carbonyl (C=O) groups is 2. The molecule has 2 N–H and O–H groups in total. The molecule has 0 spiro atoms. The molecule has 4 nitrogen and oxygen atoms in total. The van der Waals surface area contributed by atoms with Gasteiger partial charge in [0.2, 0.25) is 0 Å². The third kappa shape index (κ3) is 3.83. The maximum absolute atomic E-state index is 11.7. The van der Waals surface area contributed by atoms with E-state index in [2.05, 4.69) is 5.32 Å². The Hall–Kier alpha value is -1.07. The van der Waals surface area contributed by atoms with E-state index in [-0.39, 0.29) is 12.3 Å². The van der Waals surface area contributed by atoms with Crippen LogP contribution in [0, 0.1) is 0 Å². The number of aliphatic carboxylic acids is 1. The van der Waals surface area contributed by atoms with Gasteiger partial charge in [0, 0.05) is 5.54 Å². The lowest BCUT2D eigenvalue weighted by molar-refractivity contribution is -0.138. The summed E-state index contributed by atoms with van der Waals surface area (Å²) in [6, 6.07) is 3.24. The van der Waals surface area contributed by atoms with Crippen molar-refractivity contribution in [2.45, 2.75) is 25.8 Å². The van der Waals surface area contributed by atoms with Crippen LogP contribution in [0.3, 0.4) is 0 Å². The number of carbonyl (C=O) groups excluding carboxylic acids is 1. The maximum atomic E-state index is 11.7. The molecule has 0 atom stereocenters. The van der Waals surface area contributed by atoms with Crippen molar-refractivity contribution in [1.82, 2.24) is 5.32 Å². The fourth-order valence-electron chi connectivity index (χ4n) is 1.23. The first-order chi connectivity index (χ1) is 7.30. The number of carboxylic acids is 1. The van der Waals surface area contributed by atoms with Crippen molar-refractivity contribution in [1.29, 1.82) is 0 Å². The van der Waals surface area contributed by atoms with E-state index < -0.39 is 11.5 Å². The molecule has 16 heavy (non-hydrogen) atoms. The number of thiophene rings is 1. The van der Waals surface area contributed by atoms with Crippen molar-refractivity contribution >= 4 is 34.8 Å². The van der Waals surface area contributed by atoms with Crippen LogP contribution in [0.2, 0.25) is 4.34 Å². The summed E-state index contributed by atoms with van der Waals surface area (Å²) in [6.45, 7) is 3.32. The van der Waals surface area contributed by atoms with Crippen LogP contribution in [0.1, 0.15) is 29.9 Å². The molecule has 0 bridgehead atoms. The molecule has 6 heteroatoms. The molecule has 1 aromatic heterocycles. The second-order valence-corrected chi connectivity index (χ2v) is 5.73. The number of hydrogen-bond donors (Lipinski definition) is 2. The van der Waals surface area contributed by atoms with Gasteiger partial charge in [-0.05, 0) is 26.0 Å². The molecule has 0 aliphatic carbocycles. The van der Waals surface area contributed by atoms with Gasteiger partial charge < -0.3 is 10.4 Å². The average molecular weight is 262 g/mol. The van der Waals surface area contributed by atoms with Crippen molar-refractivity contribution in [2.75, 3.05) is 0 Å². The maximum Gasteiger partial charge on any atom is 0.305 e. The van der Waals surface area contributed by atoms with Crippen molar-refractivity contribution in [3.8, 4) is 0 Å². The monoisotopic (exact) mass is 261 g/mol. The quantitative estimate of drug-likeness (QED) is 0.875. The molecule has 1 rings (SSSR count). The highest BCUT2D eigenvalue weighted by molar-refractivity contribution is 7.18. The topological polar surface area (TPSA) is 66.4 Å². The van der Waals surface area contributed by atoms with E-state index in [1.54, 1.807) is 26.0 Å². The van der Waals surface area contributed by atoms with Crippen molar-refractivity contribution in [3.63, 3.8) is 0 Å². The predicted octanol–water partition coefficient (Wildman–Crippen LogP) is 2.38. The largest absolute Gasteiger partial charge is 0.481 e. The Kier molecular flexibility index (Phi) is 3.93. The number of carboxylic acid groups (broad SMARTS) is 1. The van der Waals surface area contributed by atoms with Gasteiger partial charge in [-0.2, -0.15) is 0 Å². The molecule has 0 aromatic carbocycles. The van der Waals surface area contributed by atoms with E-state index in [1.807, 2.05) is 0 Å². The van der Waals surface area contributed by atoms with Crippen LogP contribution in [0.4, 0.5) is 0 Å². The summed E-state index contributed by atoms with van der Waals surface area (Å²) < 4.78 is 0.529. The first kappa shape index (κ1) is 13.0. The number of rotatable bonds is 4. The molecule has 0 saturated carbocycles. The van der Waals surface area contributed by atoms with Gasteiger partial charge in [-0.1, -0.05) is 11.6 Å². The van der Waals surface area contributed by atoms with Crippen molar-refractivity contribution in [2.24, 2.45) is 0 Å². The van der Waals surface area contributed by atoms with Gasteiger partial charge in [-0.3, -0.25) is 9.59 Å². The van der Waals surface area contributed by atoms with Crippen LogP contribution >= 0.6 is 22.9 Å². The molecule has 88 valence electrons. The second kappa shape index (κ2) is 4.84. The van der Waals surface area contributed by atoms with Crippen LogP contribution in [0.15, 0.2) is 12.1 Å². The second-order valence-electron chi connectivity index (χ2n) is 4.01. The van der Waals surface area contributed by atoms with Crippen LogP contribution < -0.4 is 5.32 Å². The summed E-state index contributed by atoms with van der Waals surface area (Å²) in [5, 5.41) is 11.3. The lowest BCUT2D eigenvalue weighted by atomic mass is 10.0. The summed E-state index contributed by atoms with van der Waals surface area (Å²) in [5.74, 6) is -1.25. The Morgan fingerprint density at radius 2 is 2.12 bits per heavy atom. The Labute approximate surface area is 102 Å². The van der Waals surface area contributed by atoms with E-state index in [9.17, 15) is 9.59 Å². The standard InChI is InChI=1S/C10H12ClNO3S/c1-10(2,5-8(13)14)12-9(15)6-3-4-7(11)16-6/h3-4H,5H2,1-2H3,(H,12,15)(H,13,14). The van der Waals surface area contributed by atoms with Gasteiger partial charge >= 0.3 is 5.97 Å². The van der Waals surface area contributed by atoms with E-state index in [4.69, 9.17) is 16.7 Å². The van der Waals surface area contributed by atoms with Gasteiger partial charge in [0.05, 0.1) is 15.6 Å². The fraction of sp³-hybridized carbons (Fsp3) is 0.400. The third-order valence-corrected chi connectivity index (χ3v) is 3.07. The van der Waals surface area contributed by atoms with Crippen LogP contribution in [-0.2, 0) is 4.79 Å². The number of halogens is 1.